The molecule has 0 aliphatic rings. The fourth-order valence-electron chi connectivity index (χ4n) is 1.75. The van der Waals surface area contributed by atoms with Crippen molar-refractivity contribution in [3.8, 4) is 0 Å². The van der Waals surface area contributed by atoms with E-state index in [4.69, 9.17) is 5.73 Å². The van der Waals surface area contributed by atoms with Crippen molar-refractivity contribution in [2.45, 2.75) is 32.5 Å². The zero-order chi connectivity index (χ0) is 12.5. The first kappa shape index (κ1) is 13.0. The number of aryl methyl sites for hydroxylation is 2. The zero-order valence-electron chi connectivity index (χ0n) is 9.03. The van der Waals surface area contributed by atoms with E-state index in [1.807, 2.05) is 0 Å². The van der Waals surface area contributed by atoms with Crippen molar-refractivity contribution in [1.29, 1.82) is 0 Å². The van der Waals surface area contributed by atoms with Crippen molar-refractivity contribution in [1.82, 2.24) is 0 Å². The summed E-state index contributed by atoms with van der Waals surface area (Å²) in [6.07, 6.45) is -5.60. The van der Waals surface area contributed by atoms with Crippen molar-refractivity contribution < 1.29 is 17.6 Å². The molecule has 0 saturated carbocycles. The summed E-state index contributed by atoms with van der Waals surface area (Å²) < 4.78 is 49.9. The lowest BCUT2D eigenvalue weighted by Crippen LogP contribution is -2.22. The quantitative estimate of drug-likeness (QED) is 0.781. The fraction of sp³-hybridized carbons (Fsp3) is 0.455. The van der Waals surface area contributed by atoms with Crippen LogP contribution in [-0.4, -0.2) is 6.18 Å². The molecule has 0 heterocycles. The minimum atomic E-state index is -4.39. The summed E-state index contributed by atoms with van der Waals surface area (Å²) in [4.78, 5) is 0. The van der Waals surface area contributed by atoms with Crippen molar-refractivity contribution in [2.24, 2.45) is 5.73 Å². The van der Waals surface area contributed by atoms with Gasteiger partial charge in [0, 0.05) is 11.6 Å². The molecule has 16 heavy (non-hydrogen) atoms. The summed E-state index contributed by atoms with van der Waals surface area (Å²) in [7, 11) is 0. The Hall–Kier alpha value is -1.10. The van der Waals surface area contributed by atoms with Gasteiger partial charge in [-0.05, 0) is 31.0 Å². The van der Waals surface area contributed by atoms with Crippen molar-refractivity contribution >= 4 is 0 Å². The Morgan fingerprint density at radius 3 is 2.25 bits per heavy atom. The van der Waals surface area contributed by atoms with E-state index in [0.29, 0.717) is 11.1 Å². The number of alkyl halides is 3. The van der Waals surface area contributed by atoms with Crippen LogP contribution in [0.2, 0.25) is 0 Å². The monoisotopic (exact) mass is 235 g/mol. The first-order valence-corrected chi connectivity index (χ1v) is 4.79. The highest BCUT2D eigenvalue weighted by Gasteiger charge is 2.32. The van der Waals surface area contributed by atoms with Crippen LogP contribution in [0.25, 0.3) is 0 Å². The predicted octanol–water partition coefficient (Wildman–Crippen LogP) is 3.39. The Kier molecular flexibility index (Phi) is 3.57. The van der Waals surface area contributed by atoms with Gasteiger partial charge in [-0.2, -0.15) is 13.2 Å². The van der Waals surface area contributed by atoms with Gasteiger partial charge in [0.15, 0.2) is 0 Å². The van der Waals surface area contributed by atoms with Gasteiger partial charge in [-0.15, -0.1) is 0 Å². The van der Waals surface area contributed by atoms with E-state index in [2.05, 4.69) is 0 Å². The topological polar surface area (TPSA) is 26.0 Å². The summed E-state index contributed by atoms with van der Waals surface area (Å²) in [5, 5.41) is 0. The van der Waals surface area contributed by atoms with Gasteiger partial charge < -0.3 is 5.73 Å². The molecule has 90 valence electrons. The molecule has 5 heteroatoms. The minimum Gasteiger partial charge on any atom is -0.324 e. The van der Waals surface area contributed by atoms with Crippen LogP contribution in [0.5, 0.6) is 0 Å². The van der Waals surface area contributed by atoms with Crippen molar-refractivity contribution in [2.75, 3.05) is 0 Å². The van der Waals surface area contributed by atoms with Crippen molar-refractivity contribution in [3.63, 3.8) is 0 Å². The SMILES string of the molecule is Cc1cc(C)c(C(N)CC(F)(F)F)c(F)c1. The van der Waals surface area contributed by atoms with Crippen LogP contribution >= 0.6 is 0 Å². The number of halogens is 4. The van der Waals surface area contributed by atoms with E-state index in [9.17, 15) is 17.6 Å². The third kappa shape index (κ3) is 3.20. The maximum atomic E-state index is 13.5. The van der Waals surface area contributed by atoms with Gasteiger partial charge in [-0.3, -0.25) is 0 Å². The van der Waals surface area contributed by atoms with Crippen LogP contribution in [-0.2, 0) is 0 Å². The highest BCUT2D eigenvalue weighted by molar-refractivity contribution is 5.34. The second-order valence-electron chi connectivity index (χ2n) is 3.90. The van der Waals surface area contributed by atoms with E-state index in [1.165, 1.54) is 6.07 Å². The molecule has 1 aromatic rings. The van der Waals surface area contributed by atoms with E-state index < -0.39 is 24.5 Å². The summed E-state index contributed by atoms with van der Waals surface area (Å²) in [6, 6.07) is 1.47. The Labute approximate surface area is 91.3 Å². The second kappa shape index (κ2) is 4.41. The van der Waals surface area contributed by atoms with Gasteiger partial charge in [0.05, 0.1) is 6.42 Å². The molecule has 1 nitrogen and oxygen atoms in total. The highest BCUT2D eigenvalue weighted by atomic mass is 19.4. The van der Waals surface area contributed by atoms with E-state index in [1.54, 1.807) is 19.9 Å². The lowest BCUT2D eigenvalue weighted by atomic mass is 9.97. The molecule has 0 bridgehead atoms. The van der Waals surface area contributed by atoms with Gasteiger partial charge in [-0.1, -0.05) is 6.07 Å². The Morgan fingerprint density at radius 2 is 1.81 bits per heavy atom. The van der Waals surface area contributed by atoms with E-state index in [0.717, 1.165) is 0 Å². The Bertz CT molecular complexity index is 361. The Balaban J connectivity index is 3.04. The number of nitrogens with two attached hydrogens (primary N) is 1. The number of rotatable bonds is 2. The molecule has 0 aliphatic heterocycles. The third-order valence-corrected chi connectivity index (χ3v) is 2.30. The predicted molar refractivity (Wildman–Crippen MR) is 53.5 cm³/mol. The molecular weight excluding hydrogens is 222 g/mol. The molecule has 0 aromatic heterocycles. The minimum absolute atomic E-state index is 0.0528. The van der Waals surface area contributed by atoms with E-state index in [-0.39, 0.29) is 5.56 Å². The van der Waals surface area contributed by atoms with Gasteiger partial charge in [-0.25, -0.2) is 4.39 Å². The van der Waals surface area contributed by atoms with Crippen molar-refractivity contribution in [3.05, 3.63) is 34.6 Å². The summed E-state index contributed by atoms with van der Waals surface area (Å²) in [5.41, 5.74) is 6.44. The standard InChI is InChI=1S/C11H13F4N/c1-6-3-7(2)10(8(12)4-6)9(16)5-11(13,14)15/h3-4,9H,5,16H2,1-2H3. The van der Waals surface area contributed by atoms with Crippen LogP contribution in [0.4, 0.5) is 17.6 Å². The van der Waals surface area contributed by atoms with Gasteiger partial charge in [0.1, 0.15) is 5.82 Å². The molecule has 1 atom stereocenters. The molecule has 2 N–H and O–H groups in total. The largest absolute Gasteiger partial charge is 0.390 e. The maximum Gasteiger partial charge on any atom is 0.390 e. The molecular formula is C11H13F4N. The molecule has 1 rings (SSSR count). The van der Waals surface area contributed by atoms with Crippen LogP contribution in [0, 0.1) is 19.7 Å². The molecule has 1 unspecified atom stereocenters. The lowest BCUT2D eigenvalue weighted by molar-refractivity contribution is -0.138. The Morgan fingerprint density at radius 1 is 1.25 bits per heavy atom. The van der Waals surface area contributed by atoms with E-state index >= 15 is 0 Å². The average Bonchev–Trinajstić information content (AvgIpc) is 1.96. The molecule has 0 radical (unpaired) electrons. The number of benzene rings is 1. The normalized spacial score (nSPS) is 13.9. The third-order valence-electron chi connectivity index (χ3n) is 2.30. The summed E-state index contributed by atoms with van der Waals surface area (Å²) >= 11 is 0. The maximum absolute atomic E-state index is 13.5. The van der Waals surface area contributed by atoms with Gasteiger partial charge in [0.2, 0.25) is 0 Å². The van der Waals surface area contributed by atoms with Crippen LogP contribution in [0.15, 0.2) is 12.1 Å². The fourth-order valence-corrected chi connectivity index (χ4v) is 1.75. The first-order valence-electron chi connectivity index (χ1n) is 4.79. The number of hydrogen-bond acceptors (Lipinski definition) is 1. The molecule has 0 saturated heterocycles. The highest BCUT2D eigenvalue weighted by Crippen LogP contribution is 2.31. The second-order valence-corrected chi connectivity index (χ2v) is 3.90. The van der Waals surface area contributed by atoms with Crippen LogP contribution in [0.1, 0.15) is 29.2 Å². The first-order chi connectivity index (χ1) is 7.20. The smallest absolute Gasteiger partial charge is 0.324 e. The zero-order valence-corrected chi connectivity index (χ0v) is 9.03. The number of hydrogen-bond donors (Lipinski definition) is 1. The summed E-state index contributed by atoms with van der Waals surface area (Å²) in [6.45, 7) is 3.23. The van der Waals surface area contributed by atoms with Crippen LogP contribution < -0.4 is 5.73 Å². The van der Waals surface area contributed by atoms with Crippen LogP contribution in [0.3, 0.4) is 0 Å². The van der Waals surface area contributed by atoms with Gasteiger partial charge in [0.25, 0.3) is 0 Å². The molecule has 0 spiro atoms. The molecule has 0 fully saturated rings. The lowest BCUT2D eigenvalue weighted by Gasteiger charge is -2.17. The molecule has 0 amide bonds. The van der Waals surface area contributed by atoms with Gasteiger partial charge >= 0.3 is 6.18 Å². The molecule has 0 aliphatic carbocycles. The molecule has 1 aromatic carbocycles. The average molecular weight is 235 g/mol. The summed E-state index contributed by atoms with van der Waals surface area (Å²) in [5.74, 6) is -0.672.